The van der Waals surface area contributed by atoms with Gasteiger partial charge in [-0.25, -0.2) is 14.1 Å². The molecular weight excluding hydrogens is 379 g/mol. The largest absolute Gasteiger partial charge is 0.354 e. The molecular formula is C20H19FN4O2S. The number of hydrogen-bond acceptors (Lipinski definition) is 5. The SMILES string of the molecule is O=C(Cn1nc(C2CC2)ccc1=O)NCCc1csc(-c2ccc(F)cc2)n1. The Morgan fingerprint density at radius 2 is 2.00 bits per heavy atom. The van der Waals surface area contributed by atoms with Crippen LogP contribution in [-0.4, -0.2) is 27.2 Å². The minimum absolute atomic E-state index is 0.0860. The van der Waals surface area contributed by atoms with E-state index in [0.717, 1.165) is 34.8 Å². The van der Waals surface area contributed by atoms with Crippen molar-refractivity contribution >= 4 is 17.2 Å². The van der Waals surface area contributed by atoms with Gasteiger partial charge < -0.3 is 5.32 Å². The molecule has 1 fully saturated rings. The number of amides is 1. The van der Waals surface area contributed by atoms with Crippen molar-refractivity contribution < 1.29 is 9.18 Å². The smallest absolute Gasteiger partial charge is 0.267 e. The monoisotopic (exact) mass is 398 g/mol. The van der Waals surface area contributed by atoms with Crippen molar-refractivity contribution in [3.05, 3.63) is 69.3 Å². The number of hydrogen-bond donors (Lipinski definition) is 1. The maximum atomic E-state index is 13.0. The highest BCUT2D eigenvalue weighted by molar-refractivity contribution is 7.13. The number of thiazole rings is 1. The number of rotatable bonds is 7. The van der Waals surface area contributed by atoms with Gasteiger partial charge in [-0.3, -0.25) is 9.59 Å². The van der Waals surface area contributed by atoms with Crippen LogP contribution in [0.3, 0.4) is 0 Å². The molecule has 28 heavy (non-hydrogen) atoms. The lowest BCUT2D eigenvalue weighted by atomic mass is 10.2. The first kappa shape index (κ1) is 18.5. The zero-order chi connectivity index (χ0) is 19.5. The number of nitrogens with zero attached hydrogens (tertiary/aromatic N) is 3. The molecule has 1 aliphatic carbocycles. The summed E-state index contributed by atoms with van der Waals surface area (Å²) in [5, 5.41) is 9.83. The molecule has 0 radical (unpaired) electrons. The molecule has 0 spiro atoms. The highest BCUT2D eigenvalue weighted by Gasteiger charge is 2.25. The average Bonchev–Trinajstić information content (AvgIpc) is 3.43. The highest BCUT2D eigenvalue weighted by atomic mass is 32.1. The summed E-state index contributed by atoms with van der Waals surface area (Å²) in [6, 6.07) is 9.42. The van der Waals surface area contributed by atoms with Crippen molar-refractivity contribution in [1.29, 1.82) is 0 Å². The number of halogens is 1. The molecule has 2 heterocycles. The van der Waals surface area contributed by atoms with Crippen LogP contribution in [0, 0.1) is 5.82 Å². The van der Waals surface area contributed by atoms with Crippen LogP contribution in [0.15, 0.2) is 46.6 Å². The zero-order valence-electron chi connectivity index (χ0n) is 15.1. The lowest BCUT2D eigenvalue weighted by Crippen LogP contribution is -2.34. The summed E-state index contributed by atoms with van der Waals surface area (Å²) in [5.74, 6) is -0.106. The molecule has 0 atom stereocenters. The molecule has 1 saturated carbocycles. The lowest BCUT2D eigenvalue weighted by molar-refractivity contribution is -0.121. The van der Waals surface area contributed by atoms with E-state index >= 15 is 0 Å². The highest BCUT2D eigenvalue weighted by Crippen LogP contribution is 2.38. The fraction of sp³-hybridized carbons (Fsp3) is 0.300. The first-order valence-corrected chi connectivity index (χ1v) is 10.0. The molecule has 2 aromatic heterocycles. The summed E-state index contributed by atoms with van der Waals surface area (Å²) in [5.41, 5.74) is 2.32. The van der Waals surface area contributed by atoms with E-state index in [9.17, 15) is 14.0 Å². The predicted molar refractivity (Wildman–Crippen MR) is 105 cm³/mol. The number of nitrogens with one attached hydrogen (secondary N) is 1. The molecule has 0 bridgehead atoms. The summed E-state index contributed by atoms with van der Waals surface area (Å²) >= 11 is 1.48. The molecule has 144 valence electrons. The normalized spacial score (nSPS) is 13.5. The third kappa shape index (κ3) is 4.51. The number of carbonyl (C=O) groups is 1. The lowest BCUT2D eigenvalue weighted by Gasteiger charge is -2.07. The second-order valence-corrected chi connectivity index (χ2v) is 7.64. The maximum Gasteiger partial charge on any atom is 0.267 e. The van der Waals surface area contributed by atoms with Gasteiger partial charge in [0.15, 0.2) is 0 Å². The maximum absolute atomic E-state index is 13.0. The van der Waals surface area contributed by atoms with Gasteiger partial charge in [0.05, 0.1) is 11.4 Å². The Balaban J connectivity index is 1.29. The summed E-state index contributed by atoms with van der Waals surface area (Å²) < 4.78 is 14.2. The Morgan fingerprint density at radius 3 is 2.75 bits per heavy atom. The van der Waals surface area contributed by atoms with E-state index in [4.69, 9.17) is 0 Å². The van der Waals surface area contributed by atoms with Crippen LogP contribution in [0.4, 0.5) is 4.39 Å². The summed E-state index contributed by atoms with van der Waals surface area (Å²) in [7, 11) is 0. The third-order valence-corrected chi connectivity index (χ3v) is 5.46. The predicted octanol–water partition coefficient (Wildman–Crippen LogP) is 2.74. The van der Waals surface area contributed by atoms with Crippen LogP contribution in [0.1, 0.15) is 30.1 Å². The number of aromatic nitrogens is 3. The van der Waals surface area contributed by atoms with Gasteiger partial charge in [-0.2, -0.15) is 5.10 Å². The second-order valence-electron chi connectivity index (χ2n) is 6.78. The molecule has 0 unspecified atom stereocenters. The van der Waals surface area contributed by atoms with Crippen molar-refractivity contribution in [2.45, 2.75) is 31.7 Å². The van der Waals surface area contributed by atoms with Crippen LogP contribution in [-0.2, 0) is 17.8 Å². The number of carbonyl (C=O) groups excluding carboxylic acids is 1. The van der Waals surface area contributed by atoms with Gasteiger partial charge in [-0.1, -0.05) is 0 Å². The standard InChI is InChI=1S/C20H19FN4O2S/c21-15-5-3-14(4-6-15)20-23-16(12-28-20)9-10-22-18(26)11-25-19(27)8-7-17(24-25)13-1-2-13/h3-8,12-13H,1-2,9-11H2,(H,22,26). The summed E-state index contributed by atoms with van der Waals surface area (Å²) in [6.07, 6.45) is 2.75. The van der Waals surface area contributed by atoms with Gasteiger partial charge in [0, 0.05) is 35.9 Å². The van der Waals surface area contributed by atoms with Crippen LogP contribution in [0.2, 0.25) is 0 Å². The first-order chi connectivity index (χ1) is 13.6. The molecule has 1 aliphatic rings. The molecule has 0 saturated heterocycles. The number of benzene rings is 1. The van der Waals surface area contributed by atoms with Gasteiger partial charge in [0.2, 0.25) is 5.91 Å². The topological polar surface area (TPSA) is 76.9 Å². The average molecular weight is 398 g/mol. The second kappa shape index (κ2) is 8.02. The molecule has 3 aromatic rings. The van der Waals surface area contributed by atoms with Gasteiger partial charge in [0.25, 0.3) is 5.56 Å². The van der Waals surface area contributed by atoms with E-state index in [-0.39, 0.29) is 23.8 Å². The molecule has 4 rings (SSSR count). The van der Waals surface area contributed by atoms with E-state index in [1.165, 1.54) is 34.2 Å². The van der Waals surface area contributed by atoms with Crippen molar-refractivity contribution in [1.82, 2.24) is 20.1 Å². The van der Waals surface area contributed by atoms with Gasteiger partial charge in [0.1, 0.15) is 17.4 Å². The first-order valence-electron chi connectivity index (χ1n) is 9.13. The Hall–Kier alpha value is -2.87. The third-order valence-electron chi connectivity index (χ3n) is 4.52. The van der Waals surface area contributed by atoms with Crippen molar-refractivity contribution in [3.63, 3.8) is 0 Å². The van der Waals surface area contributed by atoms with E-state index in [1.54, 1.807) is 18.2 Å². The minimum Gasteiger partial charge on any atom is -0.354 e. The van der Waals surface area contributed by atoms with Gasteiger partial charge in [-0.05, 0) is 43.2 Å². The molecule has 1 aromatic carbocycles. The molecule has 1 amide bonds. The van der Waals surface area contributed by atoms with Crippen molar-refractivity contribution in [3.8, 4) is 10.6 Å². The molecule has 0 aliphatic heterocycles. The molecule has 1 N–H and O–H groups in total. The van der Waals surface area contributed by atoms with E-state index in [0.29, 0.717) is 18.9 Å². The Kier molecular flexibility index (Phi) is 5.29. The minimum atomic E-state index is -0.278. The zero-order valence-corrected chi connectivity index (χ0v) is 15.9. The van der Waals surface area contributed by atoms with Gasteiger partial charge in [-0.15, -0.1) is 11.3 Å². The van der Waals surface area contributed by atoms with Crippen LogP contribution < -0.4 is 10.9 Å². The van der Waals surface area contributed by atoms with E-state index in [2.05, 4.69) is 15.4 Å². The Labute approximate surface area is 165 Å². The Bertz CT molecular complexity index is 1040. The molecule has 6 nitrogen and oxygen atoms in total. The van der Waals surface area contributed by atoms with E-state index in [1.807, 2.05) is 5.38 Å². The molecule has 8 heteroatoms. The summed E-state index contributed by atoms with van der Waals surface area (Å²) in [6.45, 7) is 0.333. The fourth-order valence-corrected chi connectivity index (χ4v) is 3.70. The van der Waals surface area contributed by atoms with Gasteiger partial charge >= 0.3 is 0 Å². The van der Waals surface area contributed by atoms with Crippen molar-refractivity contribution in [2.24, 2.45) is 0 Å². The van der Waals surface area contributed by atoms with Crippen LogP contribution in [0.25, 0.3) is 10.6 Å². The van der Waals surface area contributed by atoms with Crippen molar-refractivity contribution in [2.75, 3.05) is 6.54 Å². The Morgan fingerprint density at radius 1 is 1.21 bits per heavy atom. The van der Waals surface area contributed by atoms with E-state index < -0.39 is 0 Å². The quantitative estimate of drug-likeness (QED) is 0.664. The fourth-order valence-electron chi connectivity index (χ4n) is 2.84. The summed E-state index contributed by atoms with van der Waals surface area (Å²) in [4.78, 5) is 28.6. The van der Waals surface area contributed by atoms with Crippen LogP contribution >= 0.6 is 11.3 Å². The van der Waals surface area contributed by atoms with Crippen LogP contribution in [0.5, 0.6) is 0 Å².